The van der Waals surface area contributed by atoms with Gasteiger partial charge >= 0.3 is 0 Å². The third kappa shape index (κ3) is 17.2. The average Bonchev–Trinajstić information content (AvgIpc) is 1.60. The van der Waals surface area contributed by atoms with E-state index in [1.807, 2.05) is 201 Å². The van der Waals surface area contributed by atoms with Crippen LogP contribution in [0.15, 0.2) is 340 Å². The van der Waals surface area contributed by atoms with E-state index in [1.165, 1.54) is 0 Å². The Morgan fingerprint density at radius 2 is 0.550 bits per heavy atom. The SMILES string of the molecule is Cc1cc(-c2ccccc2[CH-]OC2CCCCC2OOc2ccccc2-c2cc(C)cc(-n3c4ccccc4c4ccccc43)c2O)c(O)c(-n2c3ccccc3c3ccccc32)c1.Cc1cc(-c2ccccc2[OH+]CCC[OH+]c2ccccc2-c2cc(C)cc(-n3c4ccccc4c4ccccc43)c2O)c(O)c(-n2c3ccccc3c3ccccc32)c1.[CH3-].[CH3-].[CH3-].[CH3-].[Hf].[Hf]. The number of hydrogen-bond acceptors (Lipinski definition) is 7. The number of aliphatic hydroxyl groups is 2. The number of ether oxygens (including phenoxy) is 3. The van der Waals surface area contributed by atoms with Gasteiger partial charge in [-0.3, -0.25) is 0 Å². The number of fused-ring (bicyclic) bond motifs is 12. The van der Waals surface area contributed by atoms with Gasteiger partial charge in [-0.05, 0) is 178 Å². The molecule has 129 heavy (non-hydrogen) atoms. The second kappa shape index (κ2) is 39.6. The summed E-state index contributed by atoms with van der Waals surface area (Å²) in [7, 11) is 0. The van der Waals surface area contributed by atoms with Crippen LogP contribution < -0.4 is 4.89 Å². The molecule has 21 rings (SSSR count). The van der Waals surface area contributed by atoms with Crippen molar-refractivity contribution in [1.82, 2.24) is 18.3 Å². The number of para-hydroxylation sites is 11. The maximum atomic E-state index is 12.2. The smallest absolute Gasteiger partial charge is 0.262 e. The quantitative estimate of drug-likeness (QED) is 0.0148. The molecule has 2 atom stereocenters. The number of aryl methyl sites for hydroxylation is 4. The van der Waals surface area contributed by atoms with Crippen LogP contribution in [-0.2, 0) is 61.3 Å². The zero-order valence-corrected chi connectivity index (χ0v) is 80.9. The number of rotatable bonds is 20. The largest absolute Gasteiger partial charge is 0.582 e. The van der Waals surface area contributed by atoms with Crippen LogP contribution in [0.5, 0.6) is 40.2 Å². The Morgan fingerprint density at radius 1 is 0.295 bits per heavy atom. The average molecular weight is 2030 g/mol. The van der Waals surface area contributed by atoms with E-state index in [2.05, 4.69) is 185 Å². The molecular weight excluding hydrogens is 1930 g/mol. The summed E-state index contributed by atoms with van der Waals surface area (Å²) in [6, 6.07) is 115. The van der Waals surface area contributed by atoms with Crippen molar-refractivity contribution < 1.29 is 96.1 Å². The summed E-state index contributed by atoms with van der Waals surface area (Å²) >= 11 is 0. The van der Waals surface area contributed by atoms with E-state index >= 15 is 0 Å². The molecule has 1 aliphatic rings. The summed E-state index contributed by atoms with van der Waals surface area (Å²) in [5.41, 5.74) is 22.4. The summed E-state index contributed by atoms with van der Waals surface area (Å²) in [5.74, 6) is 2.94. The van der Waals surface area contributed by atoms with Gasteiger partial charge in [-0.25, -0.2) is 0 Å². The molecule has 15 heteroatoms. The maximum absolute atomic E-state index is 12.2. The normalized spacial score (nSPS) is 12.9. The summed E-state index contributed by atoms with van der Waals surface area (Å²) in [5, 5.41) is 57.5. The van der Waals surface area contributed by atoms with Crippen LogP contribution in [0.4, 0.5) is 0 Å². The van der Waals surface area contributed by atoms with Crippen LogP contribution in [0.25, 0.3) is 154 Å². The van der Waals surface area contributed by atoms with Crippen LogP contribution in [0.2, 0.25) is 0 Å². The monoisotopic (exact) mass is 2030 g/mol. The van der Waals surface area contributed by atoms with E-state index in [1.54, 1.807) is 6.61 Å². The number of hydrogen-bond donors (Lipinski definition) is 4. The zero-order valence-electron chi connectivity index (χ0n) is 73.7. The Kier molecular flexibility index (Phi) is 28.3. The van der Waals surface area contributed by atoms with E-state index in [9.17, 15) is 20.4 Å². The molecule has 0 spiro atoms. The Labute approximate surface area is 791 Å². The third-order valence-electron chi connectivity index (χ3n) is 24.2. The van der Waals surface area contributed by atoms with Crippen LogP contribution >= 0.6 is 0 Å². The molecule has 2 unspecified atom stereocenters. The van der Waals surface area contributed by atoms with Gasteiger partial charge in [-0.1, -0.05) is 220 Å². The number of phenols is 4. The van der Waals surface area contributed by atoms with Crippen molar-refractivity contribution in [3.05, 3.63) is 404 Å². The number of benzene rings is 16. The number of nitrogens with zero attached hydrogens (tertiary/aromatic N) is 4. The van der Waals surface area contributed by atoms with Crippen molar-refractivity contribution in [3.63, 3.8) is 0 Å². The van der Waals surface area contributed by atoms with E-state index in [4.69, 9.17) is 24.0 Å². The molecule has 644 valence electrons. The molecule has 4 heterocycles. The van der Waals surface area contributed by atoms with Gasteiger partial charge in [0.25, 0.3) is 11.5 Å². The van der Waals surface area contributed by atoms with Crippen molar-refractivity contribution in [2.45, 2.75) is 72.0 Å². The van der Waals surface area contributed by atoms with E-state index in [-0.39, 0.29) is 117 Å². The number of aromatic hydroxyl groups is 6. The number of aromatic nitrogens is 4. The molecule has 1 saturated carbocycles. The van der Waals surface area contributed by atoms with Crippen molar-refractivity contribution in [3.8, 4) is 108 Å². The van der Waals surface area contributed by atoms with Gasteiger partial charge in [0.15, 0.2) is 19.0 Å². The van der Waals surface area contributed by atoms with Crippen LogP contribution in [0.3, 0.4) is 0 Å². The molecule has 1 aliphatic carbocycles. The Balaban J connectivity index is 0.000000200. The summed E-state index contributed by atoms with van der Waals surface area (Å²) in [4.78, 5) is 12.6. The predicted molar refractivity (Wildman–Crippen MR) is 526 cm³/mol. The van der Waals surface area contributed by atoms with Gasteiger partial charge in [-0.2, -0.15) is 16.5 Å². The molecule has 0 amide bonds. The second-order valence-electron chi connectivity index (χ2n) is 32.2. The standard InChI is InChI=1S/C57H47N2O5.C53H42N2O4.4CH3.2Hf/c1-36-31-45(56(60)51(33-36)58-47-24-10-5-19-40(47)41-20-6-11-25-48(41)58)39-18-4-3-17-38(39)35-62-54-29-15-16-30-55(54)64-63-53-28-14-9-23-44(53)46-32-37(2)34-52(57(46)61)59-49-26-12-7-21-42(49)43-22-8-13-27-50(43)59;1-34-30-42(52(56)48(32-34)54-44-22-9-3-16-36(44)37-17-4-10-23-45(37)54)40-20-7-13-26-50(40)58-28-15-29-59-51-27-14-8-21-41(51)43-31-35(2)33-49(53(43)57)55-46-24-11-5-18-38(46)39-19-6-12-25-47(39)55;;;;;;/h3-14,17-28,31-35,54-55,60-61H,15-16,29-30H2,1-2H3;3-14,16-27,30-33,56-57H,15,28-29H2,1-2H3;4*1H3;;/q-1;;4*-1;;/p+2. The fourth-order valence-corrected chi connectivity index (χ4v) is 18.6. The van der Waals surface area contributed by atoms with Crippen molar-refractivity contribution in [1.29, 1.82) is 0 Å². The molecule has 0 saturated heterocycles. The van der Waals surface area contributed by atoms with E-state index in [0.717, 1.165) is 215 Å². The fraction of sp³-hybridized carbons (Fsp3) is 0.114. The minimum absolute atomic E-state index is 0. The molecule has 16 aromatic carbocycles. The Bertz CT molecular complexity index is 6830. The van der Waals surface area contributed by atoms with Crippen molar-refractivity contribution in [2.75, 3.05) is 13.2 Å². The Hall–Kier alpha value is -13.1. The molecule has 0 aliphatic heterocycles. The van der Waals surface area contributed by atoms with Crippen molar-refractivity contribution >= 4 is 87.2 Å². The van der Waals surface area contributed by atoms with Crippen LogP contribution in [-0.4, -0.2) is 73.6 Å². The van der Waals surface area contributed by atoms with Gasteiger partial charge in [0.05, 0.1) is 84.1 Å². The first-order chi connectivity index (χ1) is 60.4. The maximum Gasteiger partial charge on any atom is 0.262 e. The van der Waals surface area contributed by atoms with Crippen LogP contribution in [0, 0.1) is 64.0 Å². The first-order valence-electron chi connectivity index (χ1n) is 42.2. The third-order valence-corrected chi connectivity index (χ3v) is 24.2. The van der Waals surface area contributed by atoms with Gasteiger partial charge in [-0.15, -0.1) is 17.7 Å². The zero-order chi connectivity index (χ0) is 83.3. The van der Waals surface area contributed by atoms with E-state index < -0.39 is 0 Å². The molecule has 6 N–H and O–H groups in total. The van der Waals surface area contributed by atoms with Gasteiger partial charge in [0.1, 0.15) is 35.5 Å². The first-order valence-corrected chi connectivity index (χ1v) is 42.2. The van der Waals surface area contributed by atoms with Gasteiger partial charge in [0.2, 0.25) is 0 Å². The van der Waals surface area contributed by atoms with Gasteiger partial charge in [0, 0.05) is 129 Å². The molecular formula is C114H103Hf2N4O9-3. The molecule has 20 aromatic rings. The van der Waals surface area contributed by atoms with Gasteiger partial charge < -0.3 is 87.5 Å². The topological polar surface area (TPSA) is 154 Å². The fourth-order valence-electron chi connectivity index (χ4n) is 18.6. The second-order valence-corrected chi connectivity index (χ2v) is 32.2. The summed E-state index contributed by atoms with van der Waals surface area (Å²) in [6.45, 7) is 11.2. The summed E-state index contributed by atoms with van der Waals surface area (Å²) in [6.07, 6.45) is 3.64. The molecule has 4 aromatic heterocycles. The minimum Gasteiger partial charge on any atom is -0.582 e. The molecule has 0 bridgehead atoms. The number of phenolic OH excluding ortho intramolecular Hbond substituents is 4. The first kappa shape index (κ1) is 92.0. The Morgan fingerprint density at radius 3 is 0.884 bits per heavy atom. The summed E-state index contributed by atoms with van der Waals surface area (Å²) < 4.78 is 25.4. The predicted octanol–water partition coefficient (Wildman–Crippen LogP) is 28.7. The van der Waals surface area contributed by atoms with Crippen LogP contribution in [0.1, 0.15) is 59.9 Å². The molecule has 1 fully saturated rings. The molecule has 0 radical (unpaired) electrons. The van der Waals surface area contributed by atoms with E-state index in [0.29, 0.717) is 30.2 Å². The molecule has 13 nitrogen and oxygen atoms in total. The van der Waals surface area contributed by atoms with Crippen molar-refractivity contribution in [2.24, 2.45) is 0 Å². The minimum atomic E-state index is -0.348.